The Morgan fingerprint density at radius 3 is 2.29 bits per heavy atom. The highest BCUT2D eigenvalue weighted by Gasteiger charge is 2.46. The van der Waals surface area contributed by atoms with Gasteiger partial charge in [0.15, 0.2) is 0 Å². The van der Waals surface area contributed by atoms with E-state index in [0.29, 0.717) is 23.9 Å². The molecule has 2 atom stereocenters. The number of nitrogens with one attached hydrogen (secondary N) is 1. The van der Waals surface area contributed by atoms with Crippen LogP contribution >= 0.6 is 0 Å². The summed E-state index contributed by atoms with van der Waals surface area (Å²) in [5.74, 6) is 1.11. The Labute approximate surface area is 149 Å². The van der Waals surface area contributed by atoms with Crippen LogP contribution in [0.5, 0.6) is 0 Å². The van der Waals surface area contributed by atoms with Crippen LogP contribution in [0.1, 0.15) is 66.2 Å². The van der Waals surface area contributed by atoms with E-state index in [1.807, 2.05) is 0 Å². The summed E-state index contributed by atoms with van der Waals surface area (Å²) in [6.45, 7) is 15.2. The Balaban J connectivity index is 1.64. The van der Waals surface area contributed by atoms with Crippen molar-refractivity contribution in [1.82, 2.24) is 15.1 Å². The van der Waals surface area contributed by atoms with Crippen LogP contribution in [0, 0.1) is 11.3 Å². The van der Waals surface area contributed by atoms with Crippen molar-refractivity contribution in [1.29, 1.82) is 0 Å². The van der Waals surface area contributed by atoms with Gasteiger partial charge in [-0.2, -0.15) is 0 Å². The fraction of sp³-hybridized carbons (Fsp3) is 0.950. The third-order valence-electron chi connectivity index (χ3n) is 6.00. The number of likely N-dealkylation sites (tertiary alicyclic amines) is 2. The molecule has 140 valence electrons. The standard InChI is InChI=1S/C20H39N3O/c1-5-7-17(3)14-22-11-9-20(10-12-22)15-23(16-20)19(24)13-21-18(4)8-6-2/h17-18,21H,5-16H2,1-4H3. The maximum absolute atomic E-state index is 12.3. The second kappa shape index (κ2) is 9.19. The first-order chi connectivity index (χ1) is 11.5. The van der Waals surface area contributed by atoms with Crippen LogP contribution in [-0.2, 0) is 4.79 Å². The fourth-order valence-corrected chi connectivity index (χ4v) is 4.40. The van der Waals surface area contributed by atoms with E-state index in [-0.39, 0.29) is 0 Å². The summed E-state index contributed by atoms with van der Waals surface area (Å²) in [5, 5.41) is 3.36. The molecule has 1 N–H and O–H groups in total. The van der Waals surface area contributed by atoms with E-state index in [4.69, 9.17) is 0 Å². The second-order valence-electron chi connectivity index (χ2n) is 8.51. The Morgan fingerprint density at radius 1 is 1.08 bits per heavy atom. The highest BCUT2D eigenvalue weighted by molar-refractivity contribution is 5.79. The summed E-state index contributed by atoms with van der Waals surface area (Å²) in [5.41, 5.74) is 0.440. The van der Waals surface area contributed by atoms with Crippen molar-refractivity contribution >= 4 is 5.91 Å². The quantitative estimate of drug-likeness (QED) is 0.702. The van der Waals surface area contributed by atoms with Gasteiger partial charge in [-0.3, -0.25) is 4.79 Å². The van der Waals surface area contributed by atoms with Crippen molar-refractivity contribution in [2.75, 3.05) is 39.3 Å². The normalized spacial score (nSPS) is 23.1. The van der Waals surface area contributed by atoms with Crippen LogP contribution in [-0.4, -0.2) is 61.0 Å². The molecular formula is C20H39N3O. The van der Waals surface area contributed by atoms with Crippen LogP contribution in [0.4, 0.5) is 0 Å². The molecule has 2 aliphatic heterocycles. The van der Waals surface area contributed by atoms with Gasteiger partial charge in [-0.15, -0.1) is 0 Å². The molecule has 0 aromatic heterocycles. The first kappa shape index (κ1) is 19.7. The molecule has 2 rings (SSSR count). The Hall–Kier alpha value is -0.610. The first-order valence-corrected chi connectivity index (χ1v) is 10.2. The molecule has 2 unspecified atom stereocenters. The monoisotopic (exact) mass is 337 g/mol. The molecule has 0 saturated carbocycles. The molecular weight excluding hydrogens is 298 g/mol. The topological polar surface area (TPSA) is 35.6 Å². The minimum Gasteiger partial charge on any atom is -0.340 e. The van der Waals surface area contributed by atoms with Crippen molar-refractivity contribution in [3.63, 3.8) is 0 Å². The van der Waals surface area contributed by atoms with Gasteiger partial charge < -0.3 is 15.1 Å². The zero-order valence-electron chi connectivity index (χ0n) is 16.4. The lowest BCUT2D eigenvalue weighted by Crippen LogP contribution is -2.63. The van der Waals surface area contributed by atoms with Crippen molar-refractivity contribution in [2.24, 2.45) is 11.3 Å². The molecule has 2 aliphatic rings. The molecule has 24 heavy (non-hydrogen) atoms. The van der Waals surface area contributed by atoms with Gasteiger partial charge in [-0.05, 0) is 51.6 Å². The minimum absolute atomic E-state index is 0.294. The maximum atomic E-state index is 12.3. The molecule has 2 saturated heterocycles. The highest BCUT2D eigenvalue weighted by Crippen LogP contribution is 2.40. The number of hydrogen-bond acceptors (Lipinski definition) is 3. The van der Waals surface area contributed by atoms with E-state index in [1.54, 1.807) is 0 Å². The van der Waals surface area contributed by atoms with Gasteiger partial charge in [-0.25, -0.2) is 0 Å². The summed E-state index contributed by atoms with van der Waals surface area (Å²) in [7, 11) is 0. The lowest BCUT2D eigenvalue weighted by molar-refractivity contribution is -0.146. The minimum atomic E-state index is 0.294. The van der Waals surface area contributed by atoms with Gasteiger partial charge in [0.1, 0.15) is 0 Å². The van der Waals surface area contributed by atoms with Crippen LogP contribution < -0.4 is 5.32 Å². The summed E-state index contributed by atoms with van der Waals surface area (Å²) < 4.78 is 0. The van der Waals surface area contributed by atoms with Gasteiger partial charge in [-0.1, -0.05) is 33.6 Å². The molecule has 0 bridgehead atoms. The van der Waals surface area contributed by atoms with Gasteiger partial charge in [0.2, 0.25) is 5.91 Å². The SMILES string of the molecule is CCCC(C)CN1CCC2(CC1)CN(C(=O)CNC(C)CCC)C2. The smallest absolute Gasteiger partial charge is 0.236 e. The Kier molecular flexibility index (Phi) is 7.55. The molecule has 0 aliphatic carbocycles. The van der Waals surface area contributed by atoms with Crippen molar-refractivity contribution in [3.8, 4) is 0 Å². The molecule has 2 fully saturated rings. The predicted octanol–water partition coefficient (Wildman–Crippen LogP) is 3.13. The number of amides is 1. The van der Waals surface area contributed by atoms with E-state index in [9.17, 15) is 4.79 Å². The number of carbonyl (C=O) groups excluding carboxylic acids is 1. The zero-order chi connectivity index (χ0) is 17.6. The largest absolute Gasteiger partial charge is 0.340 e. The number of hydrogen-bond donors (Lipinski definition) is 1. The summed E-state index contributed by atoms with van der Waals surface area (Å²) in [6, 6.07) is 0.447. The highest BCUT2D eigenvalue weighted by atomic mass is 16.2. The van der Waals surface area contributed by atoms with Crippen molar-refractivity contribution in [2.45, 2.75) is 72.3 Å². The maximum Gasteiger partial charge on any atom is 0.236 e. The van der Waals surface area contributed by atoms with Crippen LogP contribution in [0.3, 0.4) is 0 Å². The predicted molar refractivity (Wildman–Crippen MR) is 101 cm³/mol. The molecule has 0 radical (unpaired) electrons. The van der Waals surface area contributed by atoms with Gasteiger partial charge >= 0.3 is 0 Å². The lowest BCUT2D eigenvalue weighted by Gasteiger charge is -2.54. The molecule has 4 heteroatoms. The average molecular weight is 338 g/mol. The van der Waals surface area contributed by atoms with E-state index >= 15 is 0 Å². The lowest BCUT2D eigenvalue weighted by atomic mass is 9.72. The number of piperidine rings is 1. The molecule has 1 amide bonds. The summed E-state index contributed by atoms with van der Waals surface area (Å²) >= 11 is 0. The third kappa shape index (κ3) is 5.45. The first-order valence-electron chi connectivity index (χ1n) is 10.2. The van der Waals surface area contributed by atoms with E-state index in [0.717, 1.165) is 25.4 Å². The molecule has 2 heterocycles. The van der Waals surface area contributed by atoms with Crippen LogP contribution in [0.25, 0.3) is 0 Å². The van der Waals surface area contributed by atoms with Crippen molar-refractivity contribution < 1.29 is 4.79 Å². The molecule has 1 spiro atoms. The summed E-state index contributed by atoms with van der Waals surface area (Å²) in [4.78, 5) is 17.0. The van der Waals surface area contributed by atoms with Crippen LogP contribution in [0.15, 0.2) is 0 Å². The van der Waals surface area contributed by atoms with Gasteiger partial charge in [0.25, 0.3) is 0 Å². The summed E-state index contributed by atoms with van der Waals surface area (Å²) in [6.07, 6.45) is 7.49. The van der Waals surface area contributed by atoms with Crippen molar-refractivity contribution in [3.05, 3.63) is 0 Å². The molecule has 0 aromatic carbocycles. The number of carbonyl (C=O) groups is 1. The average Bonchev–Trinajstić information content (AvgIpc) is 2.52. The van der Waals surface area contributed by atoms with Gasteiger partial charge in [0, 0.05) is 31.1 Å². The van der Waals surface area contributed by atoms with Gasteiger partial charge in [0.05, 0.1) is 6.54 Å². The Bertz CT molecular complexity index is 382. The third-order valence-corrected chi connectivity index (χ3v) is 6.00. The van der Waals surface area contributed by atoms with Crippen LogP contribution in [0.2, 0.25) is 0 Å². The van der Waals surface area contributed by atoms with E-state index < -0.39 is 0 Å². The molecule has 4 nitrogen and oxygen atoms in total. The van der Waals surface area contributed by atoms with E-state index in [1.165, 1.54) is 51.7 Å². The number of rotatable bonds is 9. The van der Waals surface area contributed by atoms with E-state index in [2.05, 4.69) is 42.8 Å². The molecule has 0 aromatic rings. The zero-order valence-corrected chi connectivity index (χ0v) is 16.4. The second-order valence-corrected chi connectivity index (χ2v) is 8.51. The Morgan fingerprint density at radius 2 is 1.71 bits per heavy atom. The number of nitrogens with zero attached hydrogens (tertiary/aromatic N) is 2. The fourth-order valence-electron chi connectivity index (χ4n) is 4.40.